The van der Waals surface area contributed by atoms with Crippen molar-refractivity contribution in [3.63, 3.8) is 0 Å². The lowest BCUT2D eigenvalue weighted by Crippen LogP contribution is -2.48. The molecule has 1 aromatic carbocycles. The fraction of sp³-hybridized carbons (Fsp3) is 0.500. The van der Waals surface area contributed by atoms with Crippen molar-refractivity contribution in [3.8, 4) is 0 Å². The average Bonchev–Trinajstić information content (AvgIpc) is 2.84. The highest BCUT2D eigenvalue weighted by molar-refractivity contribution is 5.85. The first-order valence-corrected chi connectivity index (χ1v) is 6.61. The molecular formula is C14H18ClF3N2O2. The number of halogens is 4. The summed E-state index contributed by atoms with van der Waals surface area (Å²) in [7, 11) is 0. The van der Waals surface area contributed by atoms with Crippen molar-refractivity contribution in [2.24, 2.45) is 5.73 Å². The highest BCUT2D eigenvalue weighted by atomic mass is 35.5. The normalized spacial score (nSPS) is 23.0. The Balaban J connectivity index is 0.00000242. The zero-order valence-electron chi connectivity index (χ0n) is 11.7. The van der Waals surface area contributed by atoms with E-state index in [-0.39, 0.29) is 25.5 Å². The Bertz CT molecular complexity index is 513. The lowest BCUT2D eigenvalue weighted by atomic mass is 9.97. The van der Waals surface area contributed by atoms with Crippen molar-refractivity contribution >= 4 is 18.3 Å². The highest BCUT2D eigenvalue weighted by Crippen LogP contribution is 2.38. The van der Waals surface area contributed by atoms with Crippen molar-refractivity contribution in [2.45, 2.75) is 24.1 Å². The first-order chi connectivity index (χ1) is 9.78. The molecule has 1 heterocycles. The molecule has 22 heavy (non-hydrogen) atoms. The van der Waals surface area contributed by atoms with Gasteiger partial charge in [0.2, 0.25) is 5.91 Å². The highest BCUT2D eigenvalue weighted by Gasteiger charge is 2.58. The Morgan fingerprint density at radius 2 is 1.95 bits per heavy atom. The van der Waals surface area contributed by atoms with Crippen LogP contribution in [0.3, 0.4) is 0 Å². The topological polar surface area (TPSA) is 66.6 Å². The van der Waals surface area contributed by atoms with Gasteiger partial charge in [-0.1, -0.05) is 30.3 Å². The average molecular weight is 339 g/mol. The van der Waals surface area contributed by atoms with Crippen molar-refractivity contribution in [1.29, 1.82) is 0 Å². The van der Waals surface area contributed by atoms with Crippen molar-refractivity contribution in [3.05, 3.63) is 35.9 Å². The number of rotatable bonds is 3. The van der Waals surface area contributed by atoms with E-state index in [9.17, 15) is 23.1 Å². The zero-order valence-corrected chi connectivity index (χ0v) is 12.5. The number of likely N-dealkylation sites (tertiary alicyclic amines) is 1. The van der Waals surface area contributed by atoms with Gasteiger partial charge in [0.1, 0.15) is 0 Å². The number of carbonyl (C=O) groups is 1. The van der Waals surface area contributed by atoms with E-state index in [1.165, 1.54) is 0 Å². The quantitative estimate of drug-likeness (QED) is 0.881. The molecule has 4 nitrogen and oxygen atoms in total. The molecule has 0 spiro atoms. The molecule has 1 aromatic rings. The summed E-state index contributed by atoms with van der Waals surface area (Å²) in [6.45, 7) is -0.860. The number of nitrogens with two attached hydrogens (primary N) is 1. The van der Waals surface area contributed by atoms with Gasteiger partial charge in [0.05, 0.1) is 12.5 Å². The number of hydrogen-bond donors (Lipinski definition) is 2. The Hall–Kier alpha value is -1.31. The third-order valence-electron chi connectivity index (χ3n) is 3.82. The van der Waals surface area contributed by atoms with Gasteiger partial charge in [0.25, 0.3) is 0 Å². The number of alkyl halides is 3. The number of hydrogen-bond acceptors (Lipinski definition) is 3. The summed E-state index contributed by atoms with van der Waals surface area (Å²) < 4.78 is 38.3. The van der Waals surface area contributed by atoms with E-state index < -0.39 is 36.6 Å². The Morgan fingerprint density at radius 1 is 1.36 bits per heavy atom. The molecule has 8 heteroatoms. The second-order valence-electron chi connectivity index (χ2n) is 5.24. The molecule has 0 saturated carbocycles. The second kappa shape index (κ2) is 6.85. The summed E-state index contributed by atoms with van der Waals surface area (Å²) in [6.07, 6.45) is -5.25. The van der Waals surface area contributed by atoms with Crippen LogP contribution in [-0.2, 0) is 4.79 Å². The number of β-amino-alcohol motifs (C(OH)–C–C–N with tert-alkyl or cyclic N) is 1. The molecule has 1 aliphatic heterocycles. The SMILES string of the molecule is Cl.NCC(C(=O)N1CCC(O)(C(F)(F)F)C1)c1ccccc1. The van der Waals surface area contributed by atoms with Gasteiger partial charge in [-0.25, -0.2) is 0 Å². The molecule has 3 N–H and O–H groups in total. The van der Waals surface area contributed by atoms with E-state index in [0.717, 1.165) is 4.90 Å². The van der Waals surface area contributed by atoms with E-state index >= 15 is 0 Å². The minimum Gasteiger partial charge on any atom is -0.379 e. The molecule has 1 amide bonds. The molecule has 2 atom stereocenters. The van der Waals surface area contributed by atoms with E-state index in [1.54, 1.807) is 30.3 Å². The summed E-state index contributed by atoms with van der Waals surface area (Å²) in [4.78, 5) is 13.4. The first-order valence-electron chi connectivity index (χ1n) is 6.61. The summed E-state index contributed by atoms with van der Waals surface area (Å²) in [5, 5.41) is 9.62. The monoisotopic (exact) mass is 338 g/mol. The van der Waals surface area contributed by atoms with Crippen LogP contribution in [0.1, 0.15) is 17.9 Å². The van der Waals surface area contributed by atoms with Gasteiger partial charge in [0.15, 0.2) is 5.60 Å². The van der Waals surface area contributed by atoms with Gasteiger partial charge in [-0.3, -0.25) is 4.79 Å². The lowest BCUT2D eigenvalue weighted by Gasteiger charge is -2.27. The van der Waals surface area contributed by atoms with Crippen LogP contribution in [0.15, 0.2) is 30.3 Å². The Kier molecular flexibility index (Phi) is 5.83. The minimum atomic E-state index is -4.74. The fourth-order valence-electron chi connectivity index (χ4n) is 2.50. The third-order valence-corrected chi connectivity index (χ3v) is 3.82. The fourth-order valence-corrected chi connectivity index (χ4v) is 2.50. The maximum atomic E-state index is 12.8. The minimum absolute atomic E-state index is 0. The van der Waals surface area contributed by atoms with Gasteiger partial charge < -0.3 is 15.7 Å². The standard InChI is InChI=1S/C14H17F3N2O2.ClH/c15-14(16,17)13(21)6-7-19(9-13)12(20)11(8-18)10-4-2-1-3-5-10;/h1-5,11,21H,6-9,18H2;1H. The predicted octanol–water partition coefficient (Wildman–Crippen LogP) is 1.68. The van der Waals surface area contributed by atoms with E-state index in [0.29, 0.717) is 5.56 Å². The number of benzene rings is 1. The van der Waals surface area contributed by atoms with E-state index in [2.05, 4.69) is 0 Å². The summed E-state index contributed by atoms with van der Waals surface area (Å²) in [5.41, 5.74) is 3.43. The van der Waals surface area contributed by atoms with Crippen LogP contribution in [0.4, 0.5) is 13.2 Å². The summed E-state index contributed by atoms with van der Waals surface area (Å²) in [5.74, 6) is -1.18. The molecular weight excluding hydrogens is 321 g/mol. The third kappa shape index (κ3) is 3.53. The van der Waals surface area contributed by atoms with E-state index in [4.69, 9.17) is 5.73 Å². The molecule has 1 saturated heterocycles. The van der Waals surface area contributed by atoms with Gasteiger partial charge in [0, 0.05) is 19.5 Å². The molecule has 124 valence electrons. The largest absolute Gasteiger partial charge is 0.419 e. The molecule has 1 fully saturated rings. The smallest absolute Gasteiger partial charge is 0.379 e. The van der Waals surface area contributed by atoms with Crippen molar-refractivity contribution in [2.75, 3.05) is 19.6 Å². The van der Waals surface area contributed by atoms with Crippen LogP contribution in [0.25, 0.3) is 0 Å². The van der Waals surface area contributed by atoms with E-state index in [1.807, 2.05) is 0 Å². The number of carbonyl (C=O) groups excluding carboxylic acids is 1. The van der Waals surface area contributed by atoms with Gasteiger partial charge >= 0.3 is 6.18 Å². The van der Waals surface area contributed by atoms with Gasteiger partial charge in [-0.05, 0) is 5.56 Å². The van der Waals surface area contributed by atoms with Crippen LogP contribution < -0.4 is 5.73 Å². The number of nitrogens with zero attached hydrogens (tertiary/aromatic N) is 1. The maximum Gasteiger partial charge on any atom is 0.419 e. The summed E-state index contributed by atoms with van der Waals surface area (Å²) >= 11 is 0. The molecule has 0 aliphatic carbocycles. The van der Waals surface area contributed by atoms with Crippen LogP contribution >= 0.6 is 12.4 Å². The van der Waals surface area contributed by atoms with Gasteiger partial charge in [-0.2, -0.15) is 13.2 Å². The maximum absolute atomic E-state index is 12.8. The molecule has 0 radical (unpaired) electrons. The molecule has 0 aromatic heterocycles. The molecule has 2 unspecified atom stereocenters. The van der Waals surface area contributed by atoms with Crippen LogP contribution in [-0.4, -0.2) is 47.3 Å². The molecule has 0 bridgehead atoms. The zero-order chi connectivity index (χ0) is 15.7. The Labute approximate surface area is 132 Å². The number of amides is 1. The molecule has 2 rings (SSSR count). The lowest BCUT2D eigenvalue weighted by molar-refractivity contribution is -0.253. The van der Waals surface area contributed by atoms with Crippen molar-refractivity contribution < 1.29 is 23.1 Å². The Morgan fingerprint density at radius 3 is 2.41 bits per heavy atom. The predicted molar refractivity (Wildman–Crippen MR) is 77.7 cm³/mol. The first kappa shape index (κ1) is 18.7. The van der Waals surface area contributed by atoms with Crippen molar-refractivity contribution in [1.82, 2.24) is 4.90 Å². The van der Waals surface area contributed by atoms with Gasteiger partial charge in [-0.15, -0.1) is 12.4 Å². The van der Waals surface area contributed by atoms with Crippen LogP contribution in [0.5, 0.6) is 0 Å². The molecule has 1 aliphatic rings. The van der Waals surface area contributed by atoms with Crippen LogP contribution in [0, 0.1) is 0 Å². The second-order valence-corrected chi connectivity index (χ2v) is 5.24. The van der Waals surface area contributed by atoms with Crippen LogP contribution in [0.2, 0.25) is 0 Å². The number of aliphatic hydroxyl groups is 1. The summed E-state index contributed by atoms with van der Waals surface area (Å²) in [6, 6.07) is 8.67.